The Hall–Kier alpha value is -2.22. The molecule has 2 rings (SSSR count). The van der Waals surface area contributed by atoms with Crippen molar-refractivity contribution in [2.24, 2.45) is 0 Å². The molecule has 126 valence electrons. The van der Waals surface area contributed by atoms with E-state index in [2.05, 4.69) is 19.9 Å². The van der Waals surface area contributed by atoms with E-state index in [1.807, 2.05) is 0 Å². The smallest absolute Gasteiger partial charge is 0.339 e. The van der Waals surface area contributed by atoms with Crippen LogP contribution in [0.2, 0.25) is 0 Å². The van der Waals surface area contributed by atoms with Crippen LogP contribution in [-0.2, 0) is 4.74 Å². The number of hydrogen-bond acceptors (Lipinski definition) is 7. The molecule has 1 aliphatic rings. The van der Waals surface area contributed by atoms with E-state index >= 15 is 0 Å². The zero-order chi connectivity index (χ0) is 16.7. The highest BCUT2D eigenvalue weighted by Gasteiger charge is 2.19. The SMILES string of the molecule is COC(=O)c1cnc(NCCN2CCCCCC2)c([N+](=O)[O-])c1. The fourth-order valence-corrected chi connectivity index (χ4v) is 2.65. The number of nitrogens with one attached hydrogen (secondary N) is 1. The van der Waals surface area contributed by atoms with Crippen LogP contribution in [0.4, 0.5) is 11.5 Å². The third-order valence-electron chi connectivity index (χ3n) is 3.90. The minimum atomic E-state index is -0.642. The van der Waals surface area contributed by atoms with Crippen molar-refractivity contribution in [3.05, 3.63) is 27.9 Å². The predicted octanol–water partition coefficient (Wildman–Crippen LogP) is 2.06. The minimum Gasteiger partial charge on any atom is -0.465 e. The van der Waals surface area contributed by atoms with E-state index in [9.17, 15) is 14.9 Å². The second-order valence-electron chi connectivity index (χ2n) is 5.52. The van der Waals surface area contributed by atoms with Gasteiger partial charge in [0.2, 0.25) is 5.82 Å². The van der Waals surface area contributed by atoms with E-state index < -0.39 is 10.9 Å². The van der Waals surface area contributed by atoms with Crippen LogP contribution in [0.5, 0.6) is 0 Å². The van der Waals surface area contributed by atoms with Crippen molar-refractivity contribution in [1.82, 2.24) is 9.88 Å². The van der Waals surface area contributed by atoms with E-state index in [0.29, 0.717) is 6.54 Å². The fourth-order valence-electron chi connectivity index (χ4n) is 2.65. The number of nitrogens with zero attached hydrogens (tertiary/aromatic N) is 3. The number of carbonyl (C=O) groups excluding carboxylic acids is 1. The minimum absolute atomic E-state index is 0.0669. The van der Waals surface area contributed by atoms with Gasteiger partial charge in [-0.05, 0) is 25.9 Å². The second-order valence-corrected chi connectivity index (χ2v) is 5.52. The molecule has 23 heavy (non-hydrogen) atoms. The number of pyridine rings is 1. The maximum absolute atomic E-state index is 11.4. The van der Waals surface area contributed by atoms with Crippen molar-refractivity contribution in [2.45, 2.75) is 25.7 Å². The molecule has 2 heterocycles. The number of carbonyl (C=O) groups is 1. The van der Waals surface area contributed by atoms with E-state index in [4.69, 9.17) is 0 Å². The average molecular weight is 322 g/mol. The summed E-state index contributed by atoms with van der Waals surface area (Å²) in [5, 5.41) is 14.2. The monoisotopic (exact) mass is 322 g/mol. The molecule has 0 radical (unpaired) electrons. The van der Waals surface area contributed by atoms with Gasteiger partial charge in [-0.2, -0.15) is 0 Å². The van der Waals surface area contributed by atoms with Crippen molar-refractivity contribution in [3.8, 4) is 0 Å². The van der Waals surface area contributed by atoms with Crippen LogP contribution >= 0.6 is 0 Å². The molecular weight excluding hydrogens is 300 g/mol. The standard InChI is InChI=1S/C15H22N4O4/c1-23-15(20)12-10-13(19(21)22)14(17-11-12)16-6-9-18-7-4-2-3-5-8-18/h10-11H,2-9H2,1H3,(H,16,17). The summed E-state index contributed by atoms with van der Waals surface area (Å²) in [7, 11) is 1.22. The molecule has 8 nitrogen and oxygen atoms in total. The summed E-state index contributed by atoms with van der Waals surface area (Å²) < 4.78 is 4.55. The van der Waals surface area contributed by atoms with Gasteiger partial charge in [0.25, 0.3) is 0 Å². The first-order valence-corrected chi connectivity index (χ1v) is 7.81. The van der Waals surface area contributed by atoms with Crippen LogP contribution in [0.1, 0.15) is 36.0 Å². The Labute approximate surface area is 135 Å². The summed E-state index contributed by atoms with van der Waals surface area (Å²) in [5.74, 6) is -0.464. The Morgan fingerprint density at radius 2 is 2.09 bits per heavy atom. The van der Waals surface area contributed by atoms with Crippen LogP contribution in [-0.4, -0.2) is 54.1 Å². The molecule has 1 N–H and O–H groups in total. The Morgan fingerprint density at radius 1 is 1.39 bits per heavy atom. The maximum Gasteiger partial charge on any atom is 0.339 e. The average Bonchev–Trinajstić information content (AvgIpc) is 2.83. The van der Waals surface area contributed by atoms with Gasteiger partial charge in [0.15, 0.2) is 0 Å². The van der Waals surface area contributed by atoms with Gasteiger partial charge in [-0.3, -0.25) is 10.1 Å². The first-order valence-electron chi connectivity index (χ1n) is 7.81. The number of esters is 1. The number of anilines is 1. The molecule has 1 saturated heterocycles. The molecule has 1 aromatic rings. The number of aromatic nitrogens is 1. The molecule has 1 aromatic heterocycles. The molecule has 1 fully saturated rings. The molecular formula is C15H22N4O4. The third kappa shape index (κ3) is 4.88. The lowest BCUT2D eigenvalue weighted by Crippen LogP contribution is -2.30. The van der Waals surface area contributed by atoms with Crippen LogP contribution < -0.4 is 5.32 Å². The van der Waals surface area contributed by atoms with Gasteiger partial charge in [-0.25, -0.2) is 9.78 Å². The summed E-state index contributed by atoms with van der Waals surface area (Å²) in [6, 6.07) is 1.19. The fraction of sp³-hybridized carbons (Fsp3) is 0.600. The normalized spacial score (nSPS) is 15.7. The molecule has 0 saturated carbocycles. The molecule has 0 atom stereocenters. The number of ether oxygens (including phenoxy) is 1. The summed E-state index contributed by atoms with van der Waals surface area (Å²) >= 11 is 0. The van der Waals surface area contributed by atoms with Crippen molar-refractivity contribution >= 4 is 17.5 Å². The maximum atomic E-state index is 11.4. The van der Waals surface area contributed by atoms with Gasteiger partial charge in [0.05, 0.1) is 17.6 Å². The molecule has 0 spiro atoms. The van der Waals surface area contributed by atoms with Crippen LogP contribution in [0, 0.1) is 10.1 Å². The highest BCUT2D eigenvalue weighted by Crippen LogP contribution is 2.23. The second kappa shape index (κ2) is 8.42. The van der Waals surface area contributed by atoms with Crippen molar-refractivity contribution < 1.29 is 14.5 Å². The van der Waals surface area contributed by atoms with Gasteiger partial charge in [-0.1, -0.05) is 12.8 Å². The molecule has 0 aliphatic carbocycles. The van der Waals surface area contributed by atoms with Gasteiger partial charge in [0.1, 0.15) is 0 Å². The summed E-state index contributed by atoms with van der Waals surface area (Å²) in [6.07, 6.45) is 6.23. The Bertz CT molecular complexity index is 556. The highest BCUT2D eigenvalue weighted by molar-refractivity contribution is 5.90. The largest absolute Gasteiger partial charge is 0.465 e. The Balaban J connectivity index is 1.98. The molecule has 8 heteroatoms. The first kappa shape index (κ1) is 17.1. The highest BCUT2D eigenvalue weighted by atomic mass is 16.6. The lowest BCUT2D eigenvalue weighted by molar-refractivity contribution is -0.384. The van der Waals surface area contributed by atoms with Gasteiger partial charge in [-0.15, -0.1) is 0 Å². The quantitative estimate of drug-likeness (QED) is 0.486. The number of nitro groups is 1. The van der Waals surface area contributed by atoms with Gasteiger partial charge < -0.3 is 15.0 Å². The summed E-state index contributed by atoms with van der Waals surface area (Å²) in [4.78, 5) is 28.4. The molecule has 0 unspecified atom stereocenters. The molecule has 0 bridgehead atoms. The van der Waals surface area contributed by atoms with Gasteiger partial charge >= 0.3 is 11.7 Å². The number of hydrogen-bond donors (Lipinski definition) is 1. The van der Waals surface area contributed by atoms with E-state index in [1.54, 1.807) is 0 Å². The number of likely N-dealkylation sites (tertiary alicyclic amines) is 1. The van der Waals surface area contributed by atoms with Crippen molar-refractivity contribution in [1.29, 1.82) is 0 Å². The van der Waals surface area contributed by atoms with Crippen LogP contribution in [0.3, 0.4) is 0 Å². The zero-order valence-electron chi connectivity index (χ0n) is 13.3. The zero-order valence-corrected chi connectivity index (χ0v) is 13.3. The van der Waals surface area contributed by atoms with E-state index in [-0.39, 0.29) is 17.1 Å². The van der Waals surface area contributed by atoms with Crippen LogP contribution in [0.15, 0.2) is 12.3 Å². The first-order chi connectivity index (χ1) is 11.1. The summed E-state index contributed by atoms with van der Waals surface area (Å²) in [6.45, 7) is 3.53. The lowest BCUT2D eigenvalue weighted by Gasteiger charge is -2.19. The van der Waals surface area contributed by atoms with Crippen molar-refractivity contribution in [3.63, 3.8) is 0 Å². The van der Waals surface area contributed by atoms with Crippen molar-refractivity contribution in [2.75, 3.05) is 38.6 Å². The summed E-state index contributed by atoms with van der Waals surface area (Å²) in [5.41, 5.74) is -0.152. The Kier molecular flexibility index (Phi) is 6.28. The van der Waals surface area contributed by atoms with E-state index in [0.717, 1.165) is 19.6 Å². The number of rotatable bonds is 6. The molecule has 1 aliphatic heterocycles. The third-order valence-corrected chi connectivity index (χ3v) is 3.90. The number of methoxy groups -OCH3 is 1. The topological polar surface area (TPSA) is 97.6 Å². The molecule has 0 amide bonds. The van der Waals surface area contributed by atoms with Gasteiger partial charge in [0, 0.05) is 25.4 Å². The van der Waals surface area contributed by atoms with E-state index in [1.165, 1.54) is 45.1 Å². The Morgan fingerprint density at radius 3 is 2.70 bits per heavy atom. The van der Waals surface area contributed by atoms with Crippen LogP contribution in [0.25, 0.3) is 0 Å². The predicted molar refractivity (Wildman–Crippen MR) is 85.6 cm³/mol. The lowest BCUT2D eigenvalue weighted by atomic mass is 10.2. The molecule has 0 aromatic carbocycles.